The summed E-state index contributed by atoms with van der Waals surface area (Å²) in [6, 6.07) is 53.2. The van der Waals surface area contributed by atoms with Crippen LogP contribution in [0.2, 0.25) is 0 Å². The van der Waals surface area contributed by atoms with Crippen LogP contribution in [0, 0.1) is 0 Å². The highest BCUT2D eigenvalue weighted by atomic mass is 32.1. The molecule has 0 saturated carbocycles. The Morgan fingerprint density at radius 2 is 0.930 bits per heavy atom. The Hall–Kier alpha value is -5.45. The molecule has 2 heterocycles. The van der Waals surface area contributed by atoms with Crippen LogP contribution in [-0.4, -0.2) is 15.4 Å². The van der Waals surface area contributed by atoms with Crippen molar-refractivity contribution in [1.29, 1.82) is 0 Å². The zero-order valence-corrected chi connectivity index (χ0v) is 24.0. The van der Waals surface area contributed by atoms with Crippen molar-refractivity contribution in [2.24, 2.45) is 0 Å². The van der Waals surface area contributed by atoms with E-state index in [0.29, 0.717) is 0 Å². The average molecular weight is 568 g/mol. The van der Waals surface area contributed by atoms with E-state index in [2.05, 4.69) is 138 Å². The van der Waals surface area contributed by atoms with Gasteiger partial charge in [0.2, 0.25) is 0 Å². The van der Waals surface area contributed by atoms with Crippen molar-refractivity contribution < 1.29 is 0 Å². The number of fused-ring (bicyclic) bond motifs is 3. The molecule has 0 fully saturated rings. The summed E-state index contributed by atoms with van der Waals surface area (Å²) in [5.41, 5.74) is 10.3. The van der Waals surface area contributed by atoms with Gasteiger partial charge in [0.15, 0.2) is 0 Å². The van der Waals surface area contributed by atoms with Gasteiger partial charge in [0, 0.05) is 36.9 Å². The van der Waals surface area contributed by atoms with E-state index < -0.39 is 0 Å². The molecule has 8 aromatic rings. The third-order valence-corrected chi connectivity index (χ3v) is 9.09. The van der Waals surface area contributed by atoms with E-state index in [1.165, 1.54) is 25.7 Å². The van der Waals surface area contributed by atoms with E-state index in [4.69, 9.17) is 5.10 Å². The summed E-state index contributed by atoms with van der Waals surface area (Å²) >= 11 is 1.84. The Morgan fingerprint density at radius 1 is 0.372 bits per heavy atom. The van der Waals surface area contributed by atoms with Crippen molar-refractivity contribution in [3.05, 3.63) is 152 Å². The van der Waals surface area contributed by atoms with E-state index in [1.54, 1.807) is 0 Å². The number of hydrogen-bond donors (Lipinski definition) is 0. The van der Waals surface area contributed by atoms with Gasteiger partial charge in [-0.3, -0.25) is 0 Å². The number of benzene rings is 6. The Balaban J connectivity index is 1.51. The van der Waals surface area contributed by atoms with E-state index in [9.17, 15) is 0 Å². The molecule has 4 heteroatoms. The largest absolute Gasteiger partial charge is 0.135 e. The highest BCUT2D eigenvalue weighted by Crippen LogP contribution is 2.48. The van der Waals surface area contributed by atoms with Crippen molar-refractivity contribution in [3.63, 3.8) is 0 Å². The maximum atomic E-state index is 4.80. The van der Waals surface area contributed by atoms with Gasteiger partial charge in [0.25, 0.3) is 0 Å². The fourth-order valence-corrected chi connectivity index (χ4v) is 7.20. The summed E-state index contributed by atoms with van der Waals surface area (Å²) < 4.78 is 2.55. The van der Waals surface area contributed by atoms with Gasteiger partial charge >= 0.3 is 0 Å². The fraction of sp³-hybridized carbons (Fsp3) is 0. The van der Waals surface area contributed by atoms with E-state index in [1.807, 2.05) is 35.6 Å². The lowest BCUT2D eigenvalue weighted by Crippen LogP contribution is -2.02. The molecule has 0 radical (unpaired) electrons. The van der Waals surface area contributed by atoms with Crippen LogP contribution in [0.25, 0.3) is 76.1 Å². The van der Waals surface area contributed by atoms with Crippen LogP contribution in [0.15, 0.2) is 152 Å². The lowest BCUT2D eigenvalue weighted by molar-refractivity contribution is 0.879. The molecule has 2 aromatic heterocycles. The zero-order chi connectivity index (χ0) is 28.6. The predicted molar refractivity (Wildman–Crippen MR) is 180 cm³/mol. The summed E-state index contributed by atoms with van der Waals surface area (Å²) in [7, 11) is 0. The second-order valence-electron chi connectivity index (χ2n) is 10.5. The Labute approximate surface area is 253 Å². The maximum Gasteiger partial charge on any atom is 0.105 e. The van der Waals surface area contributed by atoms with Gasteiger partial charge in [-0.2, -0.15) is 0 Å². The van der Waals surface area contributed by atoms with Crippen LogP contribution in [0.3, 0.4) is 0 Å². The molecule has 0 spiro atoms. The molecule has 0 aliphatic heterocycles. The van der Waals surface area contributed by atoms with Crippen LogP contribution in [0.4, 0.5) is 0 Å². The molecular weight excluding hydrogens is 543 g/mol. The molecule has 0 unspecified atom stereocenters. The van der Waals surface area contributed by atoms with Crippen molar-refractivity contribution >= 4 is 31.5 Å². The molecule has 0 bridgehead atoms. The number of nitrogens with zero attached hydrogens (tertiary/aromatic N) is 3. The minimum absolute atomic E-state index is 0.810. The first kappa shape index (κ1) is 25.3. The quantitative estimate of drug-likeness (QED) is 0.208. The lowest BCUT2D eigenvalue weighted by Gasteiger charge is -2.19. The Kier molecular flexibility index (Phi) is 6.32. The molecule has 0 atom stereocenters. The molecule has 8 rings (SSSR count). The third kappa shape index (κ3) is 4.40. The van der Waals surface area contributed by atoms with Crippen molar-refractivity contribution in [1.82, 2.24) is 15.4 Å². The first-order valence-electron chi connectivity index (χ1n) is 14.3. The fourth-order valence-electron chi connectivity index (χ4n) is 6.07. The molecule has 3 nitrogen and oxygen atoms in total. The molecular formula is C39H25N3S. The topological polar surface area (TPSA) is 38.7 Å². The van der Waals surface area contributed by atoms with Crippen molar-refractivity contribution in [2.75, 3.05) is 0 Å². The predicted octanol–water partition coefficient (Wildman–Crippen LogP) is 10.6. The first-order valence-corrected chi connectivity index (χ1v) is 15.1. The van der Waals surface area contributed by atoms with Gasteiger partial charge in [-0.05, 0) is 45.2 Å². The van der Waals surface area contributed by atoms with Crippen molar-refractivity contribution in [3.8, 4) is 55.9 Å². The van der Waals surface area contributed by atoms with Crippen LogP contribution in [-0.2, 0) is 0 Å². The van der Waals surface area contributed by atoms with E-state index >= 15 is 0 Å². The van der Waals surface area contributed by atoms with Gasteiger partial charge < -0.3 is 0 Å². The van der Waals surface area contributed by atoms with Crippen LogP contribution in [0.1, 0.15) is 0 Å². The van der Waals surface area contributed by atoms with Gasteiger partial charge in [-0.1, -0.05) is 140 Å². The normalized spacial score (nSPS) is 11.3. The number of hydrogen-bond acceptors (Lipinski definition) is 4. The van der Waals surface area contributed by atoms with Crippen molar-refractivity contribution in [2.45, 2.75) is 0 Å². The molecule has 0 amide bonds. The summed E-state index contributed by atoms with van der Waals surface area (Å²) in [6.07, 6.45) is 0. The first-order chi connectivity index (χ1) is 21.4. The van der Waals surface area contributed by atoms with Crippen LogP contribution < -0.4 is 0 Å². The molecule has 0 aliphatic carbocycles. The number of rotatable bonds is 5. The highest BCUT2D eigenvalue weighted by Gasteiger charge is 2.24. The minimum atomic E-state index is 0.810. The number of thiophene rings is 1. The van der Waals surface area contributed by atoms with Gasteiger partial charge in [0.1, 0.15) is 11.4 Å². The molecule has 0 saturated heterocycles. The van der Waals surface area contributed by atoms with Crippen LogP contribution >= 0.6 is 11.3 Å². The van der Waals surface area contributed by atoms with Gasteiger partial charge in [-0.25, -0.2) is 0 Å². The number of aromatic nitrogens is 3. The maximum absolute atomic E-state index is 4.80. The van der Waals surface area contributed by atoms with E-state index in [0.717, 1.165) is 50.3 Å². The smallest absolute Gasteiger partial charge is 0.105 e. The molecule has 43 heavy (non-hydrogen) atoms. The lowest BCUT2D eigenvalue weighted by atomic mass is 9.85. The van der Waals surface area contributed by atoms with Gasteiger partial charge in [0.05, 0.1) is 0 Å². The Bertz CT molecular complexity index is 2220. The molecule has 0 aliphatic rings. The second kappa shape index (κ2) is 10.8. The Morgan fingerprint density at radius 3 is 1.70 bits per heavy atom. The minimum Gasteiger partial charge on any atom is -0.135 e. The zero-order valence-electron chi connectivity index (χ0n) is 23.2. The van der Waals surface area contributed by atoms with Gasteiger partial charge in [-0.15, -0.1) is 21.5 Å². The summed E-state index contributed by atoms with van der Waals surface area (Å²) in [5.74, 6) is 0. The van der Waals surface area contributed by atoms with Crippen LogP contribution in [0.5, 0.6) is 0 Å². The highest BCUT2D eigenvalue weighted by molar-refractivity contribution is 7.25. The third-order valence-electron chi connectivity index (χ3n) is 7.95. The second-order valence-corrected chi connectivity index (χ2v) is 11.5. The standard InChI is InChI=1S/C39H25N3S/c1-4-14-26(15-5-1)29-21-12-23-32(36(29)31-22-13-25-34-37(31)30-20-10-11-24-33(30)43-34)39-35(27-16-6-2-7-17-27)38(40-42-41-39)28-18-8-3-9-19-28/h1-25H. The SMILES string of the molecule is c1ccc(-c2cccc(-c3nnnc(-c4ccccc4)c3-c3ccccc3)c2-c2cccc3sc4ccccc4c23)cc1. The average Bonchev–Trinajstić information content (AvgIpc) is 3.48. The molecule has 0 N–H and O–H groups in total. The summed E-state index contributed by atoms with van der Waals surface area (Å²) in [5, 5.41) is 16.3. The van der Waals surface area contributed by atoms with E-state index in [-0.39, 0.29) is 0 Å². The monoisotopic (exact) mass is 567 g/mol. The summed E-state index contributed by atoms with van der Waals surface area (Å²) in [4.78, 5) is 0. The molecule has 6 aromatic carbocycles. The molecule has 202 valence electrons. The summed E-state index contributed by atoms with van der Waals surface area (Å²) in [6.45, 7) is 0.